The van der Waals surface area contributed by atoms with E-state index in [1.165, 1.54) is 5.56 Å². The van der Waals surface area contributed by atoms with Crippen LogP contribution in [0.2, 0.25) is 0 Å². The SMILES string of the molecule is NC(=O)CNC(=O)CCC(=O)Nc1ccc(OCCc2ccccc2)cc1. The van der Waals surface area contributed by atoms with Gasteiger partial charge in [-0.05, 0) is 29.8 Å². The van der Waals surface area contributed by atoms with E-state index in [2.05, 4.69) is 22.8 Å². The molecule has 0 atom stereocenters. The molecule has 0 radical (unpaired) electrons. The number of nitrogens with one attached hydrogen (secondary N) is 2. The highest BCUT2D eigenvalue weighted by Gasteiger charge is 2.08. The molecule has 0 aliphatic heterocycles. The first kappa shape index (κ1) is 20.0. The van der Waals surface area contributed by atoms with Gasteiger partial charge in [-0.25, -0.2) is 0 Å². The summed E-state index contributed by atoms with van der Waals surface area (Å²) in [6, 6.07) is 17.1. The number of carbonyl (C=O) groups is 3. The van der Waals surface area contributed by atoms with E-state index < -0.39 is 11.8 Å². The van der Waals surface area contributed by atoms with Gasteiger partial charge in [0, 0.05) is 24.9 Å². The van der Waals surface area contributed by atoms with Gasteiger partial charge in [-0.2, -0.15) is 0 Å². The summed E-state index contributed by atoms with van der Waals surface area (Å²) < 4.78 is 5.69. The highest BCUT2D eigenvalue weighted by atomic mass is 16.5. The highest BCUT2D eigenvalue weighted by molar-refractivity contribution is 5.93. The number of benzene rings is 2. The number of ether oxygens (including phenoxy) is 1. The average molecular weight is 369 g/mol. The van der Waals surface area contributed by atoms with Crippen LogP contribution < -0.4 is 21.1 Å². The summed E-state index contributed by atoms with van der Waals surface area (Å²) >= 11 is 0. The van der Waals surface area contributed by atoms with Crippen molar-refractivity contribution in [2.75, 3.05) is 18.5 Å². The van der Waals surface area contributed by atoms with E-state index in [0.29, 0.717) is 12.3 Å². The maximum Gasteiger partial charge on any atom is 0.236 e. The zero-order valence-electron chi connectivity index (χ0n) is 14.9. The molecule has 0 bridgehead atoms. The van der Waals surface area contributed by atoms with Gasteiger partial charge in [-0.1, -0.05) is 30.3 Å². The molecule has 142 valence electrons. The van der Waals surface area contributed by atoms with Crippen molar-refractivity contribution in [1.29, 1.82) is 0 Å². The third-order valence-corrected chi connectivity index (χ3v) is 3.68. The fourth-order valence-electron chi connectivity index (χ4n) is 2.29. The van der Waals surface area contributed by atoms with E-state index in [4.69, 9.17) is 10.5 Å². The number of hydrogen-bond acceptors (Lipinski definition) is 4. The molecule has 2 aromatic rings. The lowest BCUT2D eigenvalue weighted by atomic mass is 10.2. The second-order valence-corrected chi connectivity index (χ2v) is 5.90. The van der Waals surface area contributed by atoms with Crippen LogP contribution >= 0.6 is 0 Å². The number of anilines is 1. The second-order valence-electron chi connectivity index (χ2n) is 5.90. The molecule has 7 nitrogen and oxygen atoms in total. The molecule has 0 aliphatic carbocycles. The number of hydrogen-bond donors (Lipinski definition) is 3. The third kappa shape index (κ3) is 8.04. The first-order valence-electron chi connectivity index (χ1n) is 8.64. The molecular weight excluding hydrogens is 346 g/mol. The van der Waals surface area contributed by atoms with Gasteiger partial charge < -0.3 is 21.1 Å². The minimum Gasteiger partial charge on any atom is -0.493 e. The molecule has 2 rings (SSSR count). The molecule has 0 heterocycles. The van der Waals surface area contributed by atoms with Crippen molar-refractivity contribution >= 4 is 23.4 Å². The van der Waals surface area contributed by atoms with Crippen LogP contribution in [-0.4, -0.2) is 30.9 Å². The predicted octanol–water partition coefficient (Wildman–Crippen LogP) is 1.63. The Kier molecular flexibility index (Phi) is 7.84. The summed E-state index contributed by atoms with van der Waals surface area (Å²) in [5.74, 6) is -0.596. The van der Waals surface area contributed by atoms with Crippen molar-refractivity contribution in [3.05, 3.63) is 60.2 Å². The number of carbonyl (C=O) groups excluding carboxylic acids is 3. The Morgan fingerprint density at radius 3 is 2.22 bits per heavy atom. The Labute approximate surface area is 157 Å². The van der Waals surface area contributed by atoms with Gasteiger partial charge in [-0.3, -0.25) is 14.4 Å². The molecular formula is C20H23N3O4. The largest absolute Gasteiger partial charge is 0.493 e. The summed E-state index contributed by atoms with van der Waals surface area (Å²) in [5, 5.41) is 5.04. The molecule has 0 unspecified atom stereocenters. The van der Waals surface area contributed by atoms with Crippen LogP contribution in [0.5, 0.6) is 5.75 Å². The molecule has 0 saturated carbocycles. The van der Waals surface area contributed by atoms with Crippen LogP contribution in [0.3, 0.4) is 0 Å². The van der Waals surface area contributed by atoms with Crippen molar-refractivity contribution < 1.29 is 19.1 Å². The maximum absolute atomic E-state index is 11.9. The summed E-state index contributed by atoms with van der Waals surface area (Å²) in [6.45, 7) is 0.336. The van der Waals surface area contributed by atoms with Crippen molar-refractivity contribution in [2.24, 2.45) is 5.73 Å². The number of primary amides is 1. The van der Waals surface area contributed by atoms with Crippen molar-refractivity contribution in [3.8, 4) is 5.75 Å². The van der Waals surface area contributed by atoms with Crippen LogP contribution in [0.25, 0.3) is 0 Å². The molecule has 0 aromatic heterocycles. The quantitative estimate of drug-likeness (QED) is 0.591. The van der Waals surface area contributed by atoms with Gasteiger partial charge in [0.1, 0.15) is 5.75 Å². The molecule has 3 amide bonds. The standard InChI is InChI=1S/C20H23N3O4/c21-18(24)14-22-19(25)10-11-20(26)23-16-6-8-17(9-7-16)27-13-12-15-4-2-1-3-5-15/h1-9H,10-14H2,(H2,21,24)(H,22,25)(H,23,26). The van der Waals surface area contributed by atoms with E-state index in [1.807, 2.05) is 18.2 Å². The van der Waals surface area contributed by atoms with Crippen LogP contribution in [0.15, 0.2) is 54.6 Å². The van der Waals surface area contributed by atoms with Crippen molar-refractivity contribution in [3.63, 3.8) is 0 Å². The van der Waals surface area contributed by atoms with E-state index in [9.17, 15) is 14.4 Å². The maximum atomic E-state index is 11.9. The Hall–Kier alpha value is -3.35. The second kappa shape index (κ2) is 10.6. The van der Waals surface area contributed by atoms with Gasteiger partial charge in [-0.15, -0.1) is 0 Å². The Morgan fingerprint density at radius 2 is 1.56 bits per heavy atom. The van der Waals surface area contributed by atoms with Gasteiger partial charge >= 0.3 is 0 Å². The minimum atomic E-state index is -0.626. The van der Waals surface area contributed by atoms with Gasteiger partial charge in [0.05, 0.1) is 13.2 Å². The minimum absolute atomic E-state index is 0.0138. The van der Waals surface area contributed by atoms with E-state index in [1.54, 1.807) is 24.3 Å². The summed E-state index contributed by atoms with van der Waals surface area (Å²) in [4.78, 5) is 33.9. The monoisotopic (exact) mass is 369 g/mol. The van der Waals surface area contributed by atoms with Gasteiger partial charge in [0.15, 0.2) is 0 Å². The van der Waals surface area contributed by atoms with Crippen LogP contribution in [0.1, 0.15) is 18.4 Å². The summed E-state index contributed by atoms with van der Waals surface area (Å²) in [6.07, 6.45) is 0.816. The van der Waals surface area contributed by atoms with Crippen LogP contribution in [-0.2, 0) is 20.8 Å². The van der Waals surface area contributed by atoms with E-state index >= 15 is 0 Å². The number of rotatable bonds is 10. The molecule has 27 heavy (non-hydrogen) atoms. The molecule has 0 saturated heterocycles. The molecule has 4 N–H and O–H groups in total. The highest BCUT2D eigenvalue weighted by Crippen LogP contribution is 2.16. The lowest BCUT2D eigenvalue weighted by molar-refractivity contribution is -0.126. The van der Waals surface area contributed by atoms with E-state index in [0.717, 1.165) is 12.2 Å². The smallest absolute Gasteiger partial charge is 0.236 e. The number of nitrogens with two attached hydrogens (primary N) is 1. The van der Waals surface area contributed by atoms with Crippen molar-refractivity contribution in [1.82, 2.24) is 5.32 Å². The normalized spacial score (nSPS) is 10.1. The summed E-state index contributed by atoms with van der Waals surface area (Å²) in [5.41, 5.74) is 6.76. The molecule has 0 spiro atoms. The molecule has 0 aliphatic rings. The average Bonchev–Trinajstić information content (AvgIpc) is 2.67. The van der Waals surface area contributed by atoms with Gasteiger partial charge in [0.25, 0.3) is 0 Å². The Morgan fingerprint density at radius 1 is 0.889 bits per heavy atom. The predicted molar refractivity (Wildman–Crippen MR) is 102 cm³/mol. The lowest BCUT2D eigenvalue weighted by Gasteiger charge is -2.09. The zero-order chi connectivity index (χ0) is 19.5. The Bertz CT molecular complexity index is 761. The summed E-state index contributed by atoms with van der Waals surface area (Å²) in [7, 11) is 0. The fourth-order valence-corrected chi connectivity index (χ4v) is 2.29. The van der Waals surface area contributed by atoms with Crippen molar-refractivity contribution in [2.45, 2.75) is 19.3 Å². The Balaban J connectivity index is 1.69. The van der Waals surface area contributed by atoms with Crippen LogP contribution in [0, 0.1) is 0 Å². The zero-order valence-corrected chi connectivity index (χ0v) is 14.9. The molecule has 0 fully saturated rings. The van der Waals surface area contributed by atoms with Crippen LogP contribution in [0.4, 0.5) is 5.69 Å². The third-order valence-electron chi connectivity index (χ3n) is 3.68. The topological polar surface area (TPSA) is 111 Å². The van der Waals surface area contributed by atoms with E-state index in [-0.39, 0.29) is 25.3 Å². The first-order chi connectivity index (χ1) is 13.0. The fraction of sp³-hybridized carbons (Fsp3) is 0.250. The lowest BCUT2D eigenvalue weighted by Crippen LogP contribution is -2.33. The molecule has 2 aromatic carbocycles. The molecule has 7 heteroatoms. The number of amides is 3. The first-order valence-corrected chi connectivity index (χ1v) is 8.64. The van der Waals surface area contributed by atoms with Gasteiger partial charge in [0.2, 0.25) is 17.7 Å².